The summed E-state index contributed by atoms with van der Waals surface area (Å²) < 4.78 is 6.44. The Bertz CT molecular complexity index is 675. The van der Waals surface area contributed by atoms with Crippen molar-refractivity contribution in [2.75, 3.05) is 19.6 Å². The highest BCUT2D eigenvalue weighted by atomic mass is 16.5. The van der Waals surface area contributed by atoms with Gasteiger partial charge >= 0.3 is 0 Å². The maximum Gasteiger partial charge on any atom is 0.138 e. The first kappa shape index (κ1) is 13.5. The molecule has 4 fully saturated rings. The molecule has 0 unspecified atom stereocenters. The van der Waals surface area contributed by atoms with Crippen LogP contribution >= 0.6 is 0 Å². The first-order valence-electron chi connectivity index (χ1n) is 8.59. The second kappa shape index (κ2) is 5.31. The van der Waals surface area contributed by atoms with Crippen molar-refractivity contribution in [3.8, 4) is 16.9 Å². The van der Waals surface area contributed by atoms with Crippen molar-refractivity contribution >= 4 is 0 Å². The van der Waals surface area contributed by atoms with Crippen LogP contribution in [0.25, 0.3) is 11.1 Å². The number of rotatable bonds is 3. The van der Waals surface area contributed by atoms with E-state index in [0.29, 0.717) is 17.9 Å². The van der Waals surface area contributed by atoms with Crippen LogP contribution in [0.5, 0.6) is 5.75 Å². The molecule has 4 bridgehead atoms. The maximum atomic E-state index is 6.44. The Morgan fingerprint density at radius 2 is 1.78 bits per heavy atom. The van der Waals surface area contributed by atoms with E-state index >= 15 is 0 Å². The minimum absolute atomic E-state index is 0.369. The number of aromatic nitrogens is 2. The zero-order valence-electron chi connectivity index (χ0n) is 13.1. The standard InChI is InChI=1S/C19H21N3O/c1-2-14(7-20-3-1)15-6-18(9-21-8-15)23-19-16-4-13-5-17(19)12-22(10-13)11-16/h1-3,6-9,13,16-17,19H,4-5,10-12H2/t13?,16-,17-,19?/m0/s1. The topological polar surface area (TPSA) is 38.3 Å². The average molecular weight is 307 g/mol. The van der Waals surface area contributed by atoms with E-state index in [1.54, 1.807) is 6.20 Å². The Kier molecular flexibility index (Phi) is 3.11. The molecule has 0 spiro atoms. The fourth-order valence-electron chi connectivity index (χ4n) is 4.89. The molecule has 2 aromatic rings. The van der Waals surface area contributed by atoms with Crippen LogP contribution in [0.2, 0.25) is 0 Å². The molecule has 0 N–H and O–H groups in total. The molecule has 5 heterocycles. The smallest absolute Gasteiger partial charge is 0.138 e. The summed E-state index contributed by atoms with van der Waals surface area (Å²) in [7, 11) is 0. The number of ether oxygens (including phenoxy) is 1. The van der Waals surface area contributed by atoms with E-state index in [9.17, 15) is 0 Å². The van der Waals surface area contributed by atoms with Crippen molar-refractivity contribution in [2.24, 2.45) is 17.8 Å². The predicted octanol–water partition coefficient (Wildman–Crippen LogP) is 2.86. The van der Waals surface area contributed by atoms with E-state index < -0.39 is 0 Å². The van der Waals surface area contributed by atoms with E-state index in [1.807, 2.05) is 24.7 Å². The lowest BCUT2D eigenvalue weighted by Gasteiger charge is -2.55. The fourth-order valence-corrected chi connectivity index (χ4v) is 4.89. The third kappa shape index (κ3) is 2.41. The normalized spacial score (nSPS) is 34.5. The summed E-state index contributed by atoms with van der Waals surface area (Å²) in [5.41, 5.74) is 2.16. The number of piperidine rings is 3. The van der Waals surface area contributed by atoms with Crippen LogP contribution in [0.15, 0.2) is 43.0 Å². The SMILES string of the molecule is c1cncc(-c2cncc(OC3[C@H]4CC5C[C@H]3CN(C5)C4)c2)c1. The van der Waals surface area contributed by atoms with Gasteiger partial charge in [0.1, 0.15) is 11.9 Å². The van der Waals surface area contributed by atoms with Crippen LogP contribution in [0, 0.1) is 17.8 Å². The molecule has 0 amide bonds. The van der Waals surface area contributed by atoms with Gasteiger partial charge in [-0.15, -0.1) is 0 Å². The van der Waals surface area contributed by atoms with Gasteiger partial charge in [-0.05, 0) is 30.9 Å². The fraction of sp³-hybridized carbons (Fsp3) is 0.474. The summed E-state index contributed by atoms with van der Waals surface area (Å²) in [5.74, 6) is 3.21. The summed E-state index contributed by atoms with van der Waals surface area (Å²) in [4.78, 5) is 11.2. The van der Waals surface area contributed by atoms with Gasteiger partial charge in [0, 0.05) is 61.2 Å². The third-order valence-electron chi connectivity index (χ3n) is 5.68. The molecule has 3 aliphatic heterocycles. The molecule has 0 radical (unpaired) electrons. The summed E-state index contributed by atoms with van der Waals surface area (Å²) in [6.45, 7) is 3.75. The highest BCUT2D eigenvalue weighted by molar-refractivity contribution is 5.62. The van der Waals surface area contributed by atoms with Crippen LogP contribution in [0.4, 0.5) is 0 Å². The van der Waals surface area contributed by atoms with Crippen LogP contribution in [0.3, 0.4) is 0 Å². The van der Waals surface area contributed by atoms with Gasteiger partial charge in [-0.3, -0.25) is 9.97 Å². The van der Waals surface area contributed by atoms with Crippen LogP contribution < -0.4 is 4.74 Å². The van der Waals surface area contributed by atoms with Crippen molar-refractivity contribution in [3.05, 3.63) is 43.0 Å². The number of pyridine rings is 2. The Morgan fingerprint density at radius 3 is 2.52 bits per heavy atom. The van der Waals surface area contributed by atoms with Gasteiger partial charge < -0.3 is 9.64 Å². The van der Waals surface area contributed by atoms with Crippen LogP contribution in [-0.4, -0.2) is 40.6 Å². The third-order valence-corrected chi connectivity index (χ3v) is 5.68. The van der Waals surface area contributed by atoms with Gasteiger partial charge in [0.2, 0.25) is 0 Å². The molecule has 1 aliphatic carbocycles. The molecular formula is C19H21N3O. The van der Waals surface area contributed by atoms with Gasteiger partial charge in [-0.25, -0.2) is 0 Å². The number of nitrogens with zero attached hydrogens (tertiary/aromatic N) is 3. The number of hydrogen-bond donors (Lipinski definition) is 0. The van der Waals surface area contributed by atoms with Crippen LogP contribution in [0.1, 0.15) is 12.8 Å². The van der Waals surface area contributed by atoms with Crippen molar-refractivity contribution in [2.45, 2.75) is 18.9 Å². The second-order valence-corrected chi connectivity index (χ2v) is 7.31. The summed E-state index contributed by atoms with van der Waals surface area (Å²) in [6, 6.07) is 6.12. The Labute approximate surface area is 136 Å². The molecule has 6 rings (SSSR count). The molecule has 118 valence electrons. The molecule has 2 atom stereocenters. The minimum atomic E-state index is 0.369. The summed E-state index contributed by atoms with van der Waals surface area (Å²) in [6.07, 6.45) is 10.4. The van der Waals surface area contributed by atoms with Gasteiger partial charge in [0.25, 0.3) is 0 Å². The number of hydrogen-bond acceptors (Lipinski definition) is 4. The maximum absolute atomic E-state index is 6.44. The molecular weight excluding hydrogens is 286 g/mol. The Hall–Kier alpha value is -1.94. The highest BCUT2D eigenvalue weighted by Crippen LogP contribution is 2.45. The van der Waals surface area contributed by atoms with Gasteiger partial charge in [0.05, 0.1) is 6.20 Å². The summed E-state index contributed by atoms with van der Waals surface area (Å²) in [5, 5.41) is 0. The molecule has 23 heavy (non-hydrogen) atoms. The van der Waals surface area contributed by atoms with Gasteiger partial charge in [-0.1, -0.05) is 6.07 Å². The molecule has 2 aromatic heterocycles. The first-order chi connectivity index (χ1) is 11.3. The molecule has 0 aromatic carbocycles. The Balaban J connectivity index is 1.39. The molecule has 4 aliphatic rings. The van der Waals surface area contributed by atoms with Gasteiger partial charge in [-0.2, -0.15) is 0 Å². The van der Waals surface area contributed by atoms with E-state index in [0.717, 1.165) is 22.8 Å². The van der Waals surface area contributed by atoms with Crippen molar-refractivity contribution < 1.29 is 4.74 Å². The van der Waals surface area contributed by atoms with Crippen molar-refractivity contribution in [1.29, 1.82) is 0 Å². The zero-order valence-corrected chi connectivity index (χ0v) is 13.1. The van der Waals surface area contributed by atoms with E-state index in [-0.39, 0.29) is 0 Å². The largest absolute Gasteiger partial charge is 0.488 e. The Morgan fingerprint density at radius 1 is 0.957 bits per heavy atom. The van der Waals surface area contributed by atoms with Gasteiger partial charge in [0.15, 0.2) is 0 Å². The van der Waals surface area contributed by atoms with Crippen molar-refractivity contribution in [1.82, 2.24) is 14.9 Å². The lowest BCUT2D eigenvalue weighted by atomic mass is 9.66. The molecule has 4 heteroatoms. The summed E-state index contributed by atoms with van der Waals surface area (Å²) >= 11 is 0. The monoisotopic (exact) mass is 307 g/mol. The highest BCUT2D eigenvalue weighted by Gasteiger charge is 2.48. The van der Waals surface area contributed by atoms with E-state index in [1.165, 1.54) is 32.5 Å². The first-order valence-corrected chi connectivity index (χ1v) is 8.59. The lowest BCUT2D eigenvalue weighted by Crippen LogP contribution is -2.61. The quantitative estimate of drug-likeness (QED) is 0.874. The lowest BCUT2D eigenvalue weighted by molar-refractivity contribution is -0.0985. The van der Waals surface area contributed by atoms with Crippen LogP contribution in [-0.2, 0) is 0 Å². The van der Waals surface area contributed by atoms with Crippen molar-refractivity contribution in [3.63, 3.8) is 0 Å². The predicted molar refractivity (Wildman–Crippen MR) is 88.0 cm³/mol. The van der Waals surface area contributed by atoms with E-state index in [2.05, 4.69) is 27.0 Å². The average Bonchev–Trinajstić information content (AvgIpc) is 2.59. The molecule has 3 saturated heterocycles. The van der Waals surface area contributed by atoms with E-state index in [4.69, 9.17) is 4.74 Å². The minimum Gasteiger partial charge on any atom is -0.488 e. The zero-order chi connectivity index (χ0) is 15.2. The second-order valence-electron chi connectivity index (χ2n) is 7.31. The molecule has 1 saturated carbocycles. The molecule has 4 nitrogen and oxygen atoms in total.